The van der Waals surface area contributed by atoms with E-state index in [0.717, 1.165) is 0 Å². The van der Waals surface area contributed by atoms with Crippen LogP contribution in [-0.4, -0.2) is 52.9 Å². The minimum absolute atomic E-state index is 0.0958. The van der Waals surface area contributed by atoms with Crippen molar-refractivity contribution in [2.24, 2.45) is 5.73 Å². The largest absolute Gasteiger partial charge is 0.480 e. The number of hydrogen-bond acceptors (Lipinski definition) is 7. The first-order valence-corrected chi connectivity index (χ1v) is 9.89. The van der Waals surface area contributed by atoms with Crippen LogP contribution in [-0.2, 0) is 23.5 Å². The van der Waals surface area contributed by atoms with E-state index >= 15 is 0 Å². The molecular weight excluding hydrogens is 379 g/mol. The van der Waals surface area contributed by atoms with Crippen LogP contribution in [0.2, 0.25) is 0 Å². The molecule has 0 fully saturated rings. The molecule has 0 saturated heterocycles. The van der Waals surface area contributed by atoms with E-state index in [4.69, 9.17) is 25.0 Å². The lowest BCUT2D eigenvalue weighted by Gasteiger charge is -2.24. The van der Waals surface area contributed by atoms with Gasteiger partial charge in [-0.3, -0.25) is 18.9 Å². The highest BCUT2D eigenvalue weighted by Gasteiger charge is 2.34. The van der Waals surface area contributed by atoms with Gasteiger partial charge < -0.3 is 25.8 Å². The highest BCUT2D eigenvalue weighted by Crippen LogP contribution is 2.50. The lowest BCUT2D eigenvalue weighted by Crippen LogP contribution is -2.39. The van der Waals surface area contributed by atoms with Gasteiger partial charge in [0, 0.05) is 0 Å². The Labute approximate surface area is 156 Å². The Kier molecular flexibility index (Phi) is 8.93. The van der Waals surface area contributed by atoms with Crippen LogP contribution in [0.1, 0.15) is 19.8 Å². The third kappa shape index (κ3) is 8.21. The van der Waals surface area contributed by atoms with Crippen LogP contribution >= 0.6 is 7.60 Å². The molecule has 3 atom stereocenters. The molecule has 1 aromatic rings. The Morgan fingerprint density at radius 2 is 1.85 bits per heavy atom. The molecule has 150 valence electrons. The number of aliphatic carboxylic acids is 2. The zero-order chi connectivity index (χ0) is 20.4. The summed E-state index contributed by atoms with van der Waals surface area (Å²) < 4.78 is 24.0. The summed E-state index contributed by atoms with van der Waals surface area (Å²) in [6, 6.07) is 6.77. The van der Waals surface area contributed by atoms with Gasteiger partial charge in [0.1, 0.15) is 24.4 Å². The Bertz CT molecular complexity index is 697. The lowest BCUT2D eigenvalue weighted by molar-refractivity contribution is -0.139. The maximum atomic E-state index is 13.1. The number of benzene rings is 1. The molecule has 27 heavy (non-hydrogen) atoms. The van der Waals surface area contributed by atoms with Gasteiger partial charge in [-0.15, -0.1) is 0 Å². The number of carboxylic acid groups (broad SMARTS) is 2. The van der Waals surface area contributed by atoms with Crippen LogP contribution in [0.15, 0.2) is 30.3 Å². The number of amides is 1. The molecule has 0 bridgehead atoms. The van der Waals surface area contributed by atoms with E-state index in [2.05, 4.69) is 5.32 Å². The van der Waals surface area contributed by atoms with Gasteiger partial charge in [0.25, 0.3) is 0 Å². The molecular formula is C16H23N2O8P. The number of carboxylic acids is 2. The molecule has 11 heteroatoms. The molecule has 10 nitrogen and oxygen atoms in total. The second-order valence-electron chi connectivity index (χ2n) is 5.59. The summed E-state index contributed by atoms with van der Waals surface area (Å²) in [5, 5.41) is 19.7. The smallest absolute Gasteiger partial charge is 0.380 e. The molecule has 0 spiro atoms. The van der Waals surface area contributed by atoms with E-state index in [1.54, 1.807) is 25.1 Å². The first-order chi connectivity index (χ1) is 12.7. The Morgan fingerprint density at radius 1 is 1.22 bits per heavy atom. The number of carbonyl (C=O) groups excluding carboxylic acids is 1. The third-order valence-corrected chi connectivity index (χ3v) is 5.25. The highest BCUT2D eigenvalue weighted by molar-refractivity contribution is 7.54. The summed E-state index contributed by atoms with van der Waals surface area (Å²) in [6.07, 6.45) is -1.68. The van der Waals surface area contributed by atoms with Crippen LogP contribution in [0.25, 0.3) is 0 Å². The van der Waals surface area contributed by atoms with Crippen molar-refractivity contribution in [1.82, 2.24) is 5.32 Å². The molecule has 1 aromatic carbocycles. The Hall–Kier alpha value is -2.42. The molecule has 0 aromatic heterocycles. The summed E-state index contributed by atoms with van der Waals surface area (Å²) >= 11 is 0. The number of rotatable bonds is 12. The number of carbonyl (C=O) groups is 3. The monoisotopic (exact) mass is 402 g/mol. The zero-order valence-corrected chi connectivity index (χ0v) is 15.6. The van der Waals surface area contributed by atoms with Gasteiger partial charge in [-0.2, -0.15) is 0 Å². The average molecular weight is 402 g/mol. The van der Waals surface area contributed by atoms with Crippen molar-refractivity contribution in [3.63, 3.8) is 0 Å². The van der Waals surface area contributed by atoms with Crippen molar-refractivity contribution in [2.45, 2.75) is 31.9 Å². The van der Waals surface area contributed by atoms with Crippen molar-refractivity contribution >= 4 is 25.4 Å². The molecule has 1 rings (SSSR count). The minimum atomic E-state index is -3.96. The van der Waals surface area contributed by atoms with Crippen molar-refractivity contribution in [2.75, 3.05) is 12.7 Å². The zero-order valence-electron chi connectivity index (χ0n) is 14.7. The minimum Gasteiger partial charge on any atom is -0.480 e. The van der Waals surface area contributed by atoms with Crippen LogP contribution < -0.4 is 15.6 Å². The summed E-state index contributed by atoms with van der Waals surface area (Å²) in [7, 11) is -3.96. The van der Waals surface area contributed by atoms with Gasteiger partial charge in [-0.1, -0.05) is 25.1 Å². The molecule has 0 aliphatic carbocycles. The van der Waals surface area contributed by atoms with Gasteiger partial charge in [0.05, 0.1) is 6.16 Å². The van der Waals surface area contributed by atoms with Crippen molar-refractivity contribution in [3.8, 4) is 5.75 Å². The van der Waals surface area contributed by atoms with Crippen LogP contribution in [0.4, 0.5) is 0 Å². The van der Waals surface area contributed by atoms with E-state index in [0.29, 0.717) is 0 Å². The Morgan fingerprint density at radius 3 is 2.37 bits per heavy atom. The van der Waals surface area contributed by atoms with Crippen molar-refractivity contribution in [3.05, 3.63) is 30.3 Å². The quantitative estimate of drug-likeness (QED) is 0.374. The normalized spacial score (nSPS) is 15.2. The number of nitrogens with one attached hydrogen (secondary N) is 1. The van der Waals surface area contributed by atoms with E-state index in [1.165, 1.54) is 12.1 Å². The molecule has 0 aliphatic heterocycles. The predicted octanol–water partition coefficient (Wildman–Crippen LogP) is 1.06. The van der Waals surface area contributed by atoms with Gasteiger partial charge in [-0.05, 0) is 25.0 Å². The number of para-hydroxylation sites is 1. The molecule has 5 N–H and O–H groups in total. The van der Waals surface area contributed by atoms with Gasteiger partial charge in [0.15, 0.2) is 0 Å². The fourth-order valence-electron chi connectivity index (χ4n) is 1.96. The second-order valence-corrected chi connectivity index (χ2v) is 7.65. The van der Waals surface area contributed by atoms with Crippen molar-refractivity contribution < 1.29 is 38.2 Å². The van der Waals surface area contributed by atoms with Crippen LogP contribution in [0, 0.1) is 0 Å². The van der Waals surface area contributed by atoms with Gasteiger partial charge >= 0.3 is 19.5 Å². The SMILES string of the molecule is CCC(OP(=O)(CCC(N)C(=O)O)Oc1ccccc1)C(=O)NCC(=O)O. The highest BCUT2D eigenvalue weighted by atomic mass is 31.2. The molecule has 0 saturated carbocycles. The fraction of sp³-hybridized carbons (Fsp3) is 0.438. The predicted molar refractivity (Wildman–Crippen MR) is 95.6 cm³/mol. The Balaban J connectivity index is 2.93. The van der Waals surface area contributed by atoms with E-state index in [9.17, 15) is 18.9 Å². The summed E-state index contributed by atoms with van der Waals surface area (Å²) in [4.78, 5) is 33.5. The summed E-state index contributed by atoms with van der Waals surface area (Å²) in [5.41, 5.74) is 5.44. The maximum absolute atomic E-state index is 13.1. The van der Waals surface area contributed by atoms with E-state index < -0.39 is 44.1 Å². The maximum Gasteiger partial charge on any atom is 0.380 e. The first kappa shape index (κ1) is 22.6. The van der Waals surface area contributed by atoms with Crippen LogP contribution in [0.3, 0.4) is 0 Å². The van der Waals surface area contributed by atoms with Gasteiger partial charge in [-0.25, -0.2) is 4.57 Å². The molecule has 0 aliphatic rings. The third-order valence-electron chi connectivity index (χ3n) is 3.38. The van der Waals surface area contributed by atoms with Crippen LogP contribution in [0.5, 0.6) is 5.75 Å². The van der Waals surface area contributed by atoms with Gasteiger partial charge in [0.2, 0.25) is 5.91 Å². The first-order valence-electron chi connectivity index (χ1n) is 8.17. The fourth-order valence-corrected chi connectivity index (χ4v) is 3.87. The molecule has 0 radical (unpaired) electrons. The van der Waals surface area contributed by atoms with Crippen molar-refractivity contribution in [1.29, 1.82) is 0 Å². The second kappa shape index (κ2) is 10.7. The lowest BCUT2D eigenvalue weighted by atomic mass is 10.2. The topological polar surface area (TPSA) is 165 Å². The van der Waals surface area contributed by atoms with E-state index in [-0.39, 0.29) is 24.8 Å². The van der Waals surface area contributed by atoms with E-state index in [1.807, 2.05) is 0 Å². The molecule has 0 heterocycles. The molecule has 3 unspecified atom stereocenters. The summed E-state index contributed by atoms with van der Waals surface area (Å²) in [6.45, 7) is 0.966. The number of hydrogen-bond donors (Lipinski definition) is 4. The standard InChI is InChI=1S/C16H23N2O8P/c1-2-13(15(21)18-10-14(19)20)26-27(24,9-8-12(17)16(22)23)25-11-6-4-3-5-7-11/h3-7,12-13H,2,8-10,17H2,1H3,(H,18,21)(H,19,20)(H,22,23). The molecule has 1 amide bonds. The summed E-state index contributed by atoms with van der Waals surface area (Å²) in [5.74, 6) is -3.06. The number of nitrogens with two attached hydrogens (primary N) is 1. The average Bonchev–Trinajstić information content (AvgIpc) is 2.63.